The van der Waals surface area contributed by atoms with Crippen LogP contribution in [0.5, 0.6) is 0 Å². The lowest BCUT2D eigenvalue weighted by Gasteiger charge is -2.25. The van der Waals surface area contributed by atoms with Crippen molar-refractivity contribution in [3.63, 3.8) is 0 Å². The Morgan fingerprint density at radius 2 is 1.75 bits per heavy atom. The number of carbonyl (C=O) groups excluding carboxylic acids is 3. The molecule has 0 bridgehead atoms. The lowest BCUT2D eigenvalue weighted by Crippen LogP contribution is -2.43. The number of nitrogens with zero attached hydrogens (tertiary/aromatic N) is 1. The molecule has 1 saturated heterocycles. The van der Waals surface area contributed by atoms with Gasteiger partial charge in [-0.2, -0.15) is 0 Å². The van der Waals surface area contributed by atoms with Crippen LogP contribution in [0, 0.1) is 11.3 Å². The number of imide groups is 1. The Hall–Kier alpha value is -1.39. The van der Waals surface area contributed by atoms with Crippen LogP contribution in [0.15, 0.2) is 0 Å². The summed E-state index contributed by atoms with van der Waals surface area (Å²) >= 11 is 0. The van der Waals surface area contributed by atoms with Crippen molar-refractivity contribution in [2.24, 2.45) is 11.3 Å². The molecule has 20 heavy (non-hydrogen) atoms. The fourth-order valence-corrected chi connectivity index (χ4v) is 2.29. The molecule has 3 amide bonds. The number of amides is 3. The average Bonchev–Trinajstić information content (AvgIpc) is 2.49. The highest BCUT2D eigenvalue weighted by atomic mass is 16.2. The lowest BCUT2D eigenvalue weighted by molar-refractivity contribution is -0.140. The molecule has 0 saturated carbocycles. The summed E-state index contributed by atoms with van der Waals surface area (Å²) in [6.45, 7) is 11.7. The standard InChI is InChI=1S/C15H26N2O3/c1-14(2,3)10-9-12(19)17(13(10)20)8-7-11(18)16-15(4,5)6/h10H,7-9H2,1-6H3,(H,16,18). The second-order valence-electron chi connectivity index (χ2n) is 7.55. The van der Waals surface area contributed by atoms with E-state index in [4.69, 9.17) is 0 Å². The minimum atomic E-state index is -0.302. The van der Waals surface area contributed by atoms with Crippen molar-refractivity contribution < 1.29 is 14.4 Å². The SMILES string of the molecule is CC(C)(C)NC(=O)CCN1C(=O)CC(C(C)(C)C)C1=O. The Bertz CT molecular complexity index is 416. The fourth-order valence-electron chi connectivity index (χ4n) is 2.29. The molecule has 0 aromatic carbocycles. The first-order valence-corrected chi connectivity index (χ1v) is 7.07. The molecule has 1 N–H and O–H groups in total. The number of rotatable bonds is 3. The van der Waals surface area contributed by atoms with Gasteiger partial charge in [0, 0.05) is 24.9 Å². The maximum Gasteiger partial charge on any atom is 0.233 e. The van der Waals surface area contributed by atoms with E-state index in [-0.39, 0.29) is 54.0 Å². The van der Waals surface area contributed by atoms with Crippen LogP contribution in [-0.2, 0) is 14.4 Å². The van der Waals surface area contributed by atoms with E-state index < -0.39 is 0 Å². The highest BCUT2D eigenvalue weighted by Gasteiger charge is 2.44. The van der Waals surface area contributed by atoms with Crippen LogP contribution in [0.4, 0.5) is 0 Å². The fraction of sp³-hybridized carbons (Fsp3) is 0.800. The molecule has 1 aliphatic heterocycles. The normalized spacial score (nSPS) is 20.5. The van der Waals surface area contributed by atoms with Gasteiger partial charge in [0.15, 0.2) is 0 Å². The summed E-state index contributed by atoms with van der Waals surface area (Å²) in [7, 11) is 0. The summed E-state index contributed by atoms with van der Waals surface area (Å²) in [5.74, 6) is -0.734. The zero-order chi connectivity index (χ0) is 15.7. The van der Waals surface area contributed by atoms with E-state index >= 15 is 0 Å². The molecule has 1 aliphatic rings. The van der Waals surface area contributed by atoms with E-state index in [1.165, 1.54) is 4.90 Å². The molecule has 1 fully saturated rings. The van der Waals surface area contributed by atoms with Crippen LogP contribution in [0.25, 0.3) is 0 Å². The van der Waals surface area contributed by atoms with Crippen molar-refractivity contribution >= 4 is 17.7 Å². The molecule has 0 spiro atoms. The number of hydrogen-bond acceptors (Lipinski definition) is 3. The molecular formula is C15H26N2O3. The van der Waals surface area contributed by atoms with Gasteiger partial charge in [-0.1, -0.05) is 20.8 Å². The van der Waals surface area contributed by atoms with Gasteiger partial charge in [0.2, 0.25) is 17.7 Å². The van der Waals surface area contributed by atoms with Gasteiger partial charge in [0.05, 0.1) is 5.92 Å². The summed E-state index contributed by atoms with van der Waals surface area (Å²) < 4.78 is 0. The molecule has 5 heteroatoms. The third-order valence-corrected chi connectivity index (χ3v) is 3.37. The van der Waals surface area contributed by atoms with E-state index in [9.17, 15) is 14.4 Å². The van der Waals surface area contributed by atoms with E-state index in [0.717, 1.165) is 0 Å². The number of hydrogen-bond donors (Lipinski definition) is 1. The molecule has 1 heterocycles. The maximum atomic E-state index is 12.2. The number of carbonyl (C=O) groups is 3. The first kappa shape index (κ1) is 16.7. The lowest BCUT2D eigenvalue weighted by atomic mass is 9.80. The Balaban J connectivity index is 2.59. The smallest absolute Gasteiger partial charge is 0.233 e. The van der Waals surface area contributed by atoms with Crippen LogP contribution in [-0.4, -0.2) is 34.7 Å². The molecule has 1 unspecified atom stereocenters. The molecule has 1 rings (SSSR count). The summed E-state index contributed by atoms with van der Waals surface area (Å²) in [5.41, 5.74) is -0.529. The monoisotopic (exact) mass is 282 g/mol. The van der Waals surface area contributed by atoms with Crippen molar-refractivity contribution in [2.45, 2.75) is 59.9 Å². The van der Waals surface area contributed by atoms with Gasteiger partial charge in [0.1, 0.15) is 0 Å². The Labute approximate surface area is 121 Å². The first-order valence-electron chi connectivity index (χ1n) is 7.07. The summed E-state index contributed by atoms with van der Waals surface area (Å²) in [6, 6.07) is 0. The van der Waals surface area contributed by atoms with Gasteiger partial charge in [0.25, 0.3) is 0 Å². The van der Waals surface area contributed by atoms with Crippen molar-refractivity contribution in [1.29, 1.82) is 0 Å². The molecule has 5 nitrogen and oxygen atoms in total. The summed E-state index contributed by atoms with van der Waals surface area (Å²) in [6.07, 6.45) is 0.412. The van der Waals surface area contributed by atoms with Gasteiger partial charge >= 0.3 is 0 Å². The van der Waals surface area contributed by atoms with Gasteiger partial charge in [-0.25, -0.2) is 0 Å². The molecule has 0 radical (unpaired) electrons. The minimum absolute atomic E-state index is 0.141. The van der Waals surface area contributed by atoms with Crippen molar-refractivity contribution in [2.75, 3.05) is 6.54 Å². The van der Waals surface area contributed by atoms with Crippen molar-refractivity contribution in [3.05, 3.63) is 0 Å². The topological polar surface area (TPSA) is 66.5 Å². The number of likely N-dealkylation sites (tertiary alicyclic amines) is 1. The highest BCUT2D eigenvalue weighted by Crippen LogP contribution is 2.35. The number of nitrogens with one attached hydrogen (secondary N) is 1. The van der Waals surface area contributed by atoms with Gasteiger partial charge in [-0.3, -0.25) is 19.3 Å². The van der Waals surface area contributed by atoms with Crippen LogP contribution in [0.3, 0.4) is 0 Å². The predicted octanol–water partition coefficient (Wildman–Crippen LogP) is 1.71. The molecule has 114 valence electrons. The predicted molar refractivity (Wildman–Crippen MR) is 76.8 cm³/mol. The third-order valence-electron chi connectivity index (χ3n) is 3.37. The molecule has 0 aromatic rings. The molecular weight excluding hydrogens is 256 g/mol. The molecule has 0 aliphatic carbocycles. The Morgan fingerprint density at radius 1 is 1.20 bits per heavy atom. The van der Waals surface area contributed by atoms with E-state index in [2.05, 4.69) is 5.32 Å². The first-order chi connectivity index (χ1) is 8.92. The van der Waals surface area contributed by atoms with E-state index in [1.807, 2.05) is 41.5 Å². The van der Waals surface area contributed by atoms with E-state index in [1.54, 1.807) is 0 Å². The largest absolute Gasteiger partial charge is 0.351 e. The van der Waals surface area contributed by atoms with Crippen molar-refractivity contribution in [1.82, 2.24) is 10.2 Å². The Kier molecular flexibility index (Phi) is 4.62. The van der Waals surface area contributed by atoms with Crippen LogP contribution >= 0.6 is 0 Å². The van der Waals surface area contributed by atoms with Crippen molar-refractivity contribution in [3.8, 4) is 0 Å². The molecule has 0 aromatic heterocycles. The zero-order valence-electron chi connectivity index (χ0n) is 13.4. The van der Waals surface area contributed by atoms with Gasteiger partial charge < -0.3 is 5.32 Å². The van der Waals surface area contributed by atoms with Gasteiger partial charge in [-0.15, -0.1) is 0 Å². The highest BCUT2D eigenvalue weighted by molar-refractivity contribution is 6.04. The van der Waals surface area contributed by atoms with Crippen LogP contribution < -0.4 is 5.32 Å². The minimum Gasteiger partial charge on any atom is -0.351 e. The molecule has 1 atom stereocenters. The maximum absolute atomic E-state index is 12.2. The van der Waals surface area contributed by atoms with Crippen LogP contribution in [0.2, 0.25) is 0 Å². The third kappa shape index (κ3) is 4.32. The Morgan fingerprint density at radius 3 is 2.15 bits per heavy atom. The van der Waals surface area contributed by atoms with Gasteiger partial charge in [-0.05, 0) is 26.2 Å². The summed E-state index contributed by atoms with van der Waals surface area (Å²) in [4.78, 5) is 37.1. The second kappa shape index (κ2) is 5.54. The van der Waals surface area contributed by atoms with E-state index in [0.29, 0.717) is 0 Å². The van der Waals surface area contributed by atoms with Crippen LogP contribution in [0.1, 0.15) is 54.4 Å². The summed E-state index contributed by atoms with van der Waals surface area (Å²) in [5, 5.41) is 2.83. The second-order valence-corrected chi connectivity index (χ2v) is 7.55. The quantitative estimate of drug-likeness (QED) is 0.801. The zero-order valence-corrected chi connectivity index (χ0v) is 13.4. The average molecular weight is 282 g/mol.